The Morgan fingerprint density at radius 3 is 2.45 bits per heavy atom. The van der Waals surface area contributed by atoms with Gasteiger partial charge >= 0.3 is 0 Å². The van der Waals surface area contributed by atoms with Crippen LogP contribution in [-0.2, 0) is 5.41 Å². The number of halogens is 2. The van der Waals surface area contributed by atoms with Crippen molar-refractivity contribution in [2.45, 2.75) is 44.9 Å². The Labute approximate surface area is 252 Å². The number of hydrogen-bond donors (Lipinski definition) is 0. The quantitative estimate of drug-likeness (QED) is 0.166. The Morgan fingerprint density at radius 2 is 1.70 bits per heavy atom. The van der Waals surface area contributed by atoms with Crippen molar-refractivity contribution in [2.75, 3.05) is 0 Å². The highest BCUT2D eigenvalue weighted by Gasteiger charge is 2.47. The minimum absolute atomic E-state index is 0.0365. The molecular formula is C37H28F2N2O3. The van der Waals surface area contributed by atoms with E-state index in [-0.39, 0.29) is 51.3 Å². The zero-order chi connectivity index (χ0) is 30.6. The highest BCUT2D eigenvalue weighted by atomic mass is 19.1. The molecule has 6 aromatic rings. The third-order valence-electron chi connectivity index (χ3n) is 8.73. The van der Waals surface area contributed by atoms with Gasteiger partial charge in [-0.3, -0.25) is 19.6 Å². The third-order valence-corrected chi connectivity index (χ3v) is 8.73. The average Bonchev–Trinajstić information content (AvgIpc) is 3.72. The second-order valence-corrected chi connectivity index (χ2v) is 11.6. The van der Waals surface area contributed by atoms with Gasteiger partial charge in [0, 0.05) is 58.4 Å². The first kappa shape index (κ1) is 27.8. The molecule has 0 radical (unpaired) electrons. The molecule has 0 amide bonds. The maximum absolute atomic E-state index is 16.5. The van der Waals surface area contributed by atoms with E-state index in [2.05, 4.69) is 4.98 Å². The van der Waals surface area contributed by atoms with Crippen molar-refractivity contribution in [3.8, 4) is 22.5 Å². The molecule has 3 aromatic carbocycles. The van der Waals surface area contributed by atoms with Gasteiger partial charge in [-0.25, -0.2) is 8.78 Å². The normalized spacial score (nSPS) is 13.8. The summed E-state index contributed by atoms with van der Waals surface area (Å²) >= 11 is 0. The van der Waals surface area contributed by atoms with Gasteiger partial charge in [0.1, 0.15) is 23.0 Å². The second kappa shape index (κ2) is 10.6. The van der Waals surface area contributed by atoms with Crippen LogP contribution in [0.1, 0.15) is 64.6 Å². The summed E-state index contributed by atoms with van der Waals surface area (Å²) in [6.45, 7) is 3.56. The maximum Gasteiger partial charge on any atom is 0.167 e. The molecule has 1 aliphatic carbocycles. The fourth-order valence-corrected chi connectivity index (χ4v) is 6.04. The molecule has 0 atom stereocenters. The Balaban J connectivity index is 1.27. The molecule has 7 heteroatoms. The smallest absolute Gasteiger partial charge is 0.167 e. The van der Waals surface area contributed by atoms with Crippen molar-refractivity contribution in [1.29, 1.82) is 0 Å². The Bertz CT molecular complexity index is 2110. The van der Waals surface area contributed by atoms with Crippen LogP contribution in [0.2, 0.25) is 0 Å². The van der Waals surface area contributed by atoms with Crippen molar-refractivity contribution in [3.05, 3.63) is 119 Å². The van der Waals surface area contributed by atoms with E-state index < -0.39 is 11.6 Å². The largest absolute Gasteiger partial charge is 0.455 e. The summed E-state index contributed by atoms with van der Waals surface area (Å²) in [7, 11) is 0. The van der Waals surface area contributed by atoms with Gasteiger partial charge in [0.15, 0.2) is 11.6 Å². The monoisotopic (exact) mass is 586 g/mol. The molecule has 0 spiro atoms. The lowest BCUT2D eigenvalue weighted by Gasteiger charge is -2.16. The van der Waals surface area contributed by atoms with E-state index in [1.165, 1.54) is 24.3 Å². The fraction of sp³-hybridized carbons (Fsp3) is 0.189. The summed E-state index contributed by atoms with van der Waals surface area (Å²) in [5.41, 5.74) is 4.39. The fourth-order valence-electron chi connectivity index (χ4n) is 6.04. The van der Waals surface area contributed by atoms with E-state index in [0.717, 1.165) is 35.0 Å². The van der Waals surface area contributed by atoms with Crippen molar-refractivity contribution in [2.24, 2.45) is 0 Å². The standard InChI is InChI=1S/C37H28F2N2O3/c1-3-29(42)33-34-31(44-36(33)22-6-9-25(38)10-7-22)12-11-26(35(34)39)27-18-23(5-4-21(27)2)30(43)19-37(15-16-37)32-13-8-24-20-40-17-14-28(24)41-32/h4-14,17-18,20H,3,15-16,19H2,1-2H3. The number of aryl methyl sites for hydroxylation is 1. The van der Waals surface area contributed by atoms with Crippen molar-refractivity contribution >= 4 is 33.4 Å². The van der Waals surface area contributed by atoms with Gasteiger partial charge in [-0.1, -0.05) is 19.1 Å². The van der Waals surface area contributed by atoms with Gasteiger partial charge in [-0.05, 0) is 91.6 Å². The first-order valence-electron chi connectivity index (χ1n) is 14.7. The lowest BCUT2D eigenvalue weighted by molar-refractivity contribution is 0.0966. The van der Waals surface area contributed by atoms with Crippen LogP contribution in [0.4, 0.5) is 8.78 Å². The van der Waals surface area contributed by atoms with Crippen LogP contribution in [-0.4, -0.2) is 21.5 Å². The molecule has 7 rings (SSSR count). The zero-order valence-corrected chi connectivity index (χ0v) is 24.3. The number of carbonyl (C=O) groups is 2. The van der Waals surface area contributed by atoms with Crippen LogP contribution in [0.3, 0.4) is 0 Å². The Hall–Kier alpha value is -5.04. The van der Waals surface area contributed by atoms with E-state index in [4.69, 9.17) is 9.40 Å². The van der Waals surface area contributed by atoms with Gasteiger partial charge in [0.25, 0.3) is 0 Å². The van der Waals surface area contributed by atoms with Gasteiger partial charge < -0.3 is 4.42 Å². The summed E-state index contributed by atoms with van der Waals surface area (Å²) in [6, 6.07) is 20.0. The molecule has 1 saturated carbocycles. The number of furan rings is 1. The number of pyridine rings is 2. The van der Waals surface area contributed by atoms with E-state index in [1.807, 2.05) is 31.2 Å². The minimum atomic E-state index is -0.599. The van der Waals surface area contributed by atoms with Crippen LogP contribution >= 0.6 is 0 Å². The molecule has 0 unspecified atom stereocenters. The molecule has 5 nitrogen and oxygen atoms in total. The number of fused-ring (bicyclic) bond motifs is 2. The van der Waals surface area contributed by atoms with Crippen LogP contribution in [0.25, 0.3) is 44.3 Å². The lowest BCUT2D eigenvalue weighted by atomic mass is 9.89. The first-order chi connectivity index (χ1) is 21.3. The van der Waals surface area contributed by atoms with E-state index in [1.54, 1.807) is 43.6 Å². The molecule has 0 N–H and O–H groups in total. The van der Waals surface area contributed by atoms with Crippen LogP contribution in [0.15, 0.2) is 89.6 Å². The van der Waals surface area contributed by atoms with E-state index in [9.17, 15) is 14.0 Å². The summed E-state index contributed by atoms with van der Waals surface area (Å²) in [6.07, 6.45) is 5.67. The Morgan fingerprint density at radius 1 is 0.909 bits per heavy atom. The Kier molecular flexibility index (Phi) is 6.69. The van der Waals surface area contributed by atoms with E-state index in [0.29, 0.717) is 23.1 Å². The summed E-state index contributed by atoms with van der Waals surface area (Å²) < 4.78 is 36.1. The number of Topliss-reactive ketones (excluding diaryl/α,β-unsaturated/α-hetero) is 2. The lowest BCUT2D eigenvalue weighted by Crippen LogP contribution is -2.15. The molecule has 0 bridgehead atoms. The highest BCUT2D eigenvalue weighted by molar-refractivity contribution is 6.13. The van der Waals surface area contributed by atoms with Gasteiger partial charge in [-0.15, -0.1) is 0 Å². The third kappa shape index (κ3) is 4.69. The SMILES string of the molecule is CCC(=O)c1c(-c2ccc(F)cc2)oc2ccc(-c3cc(C(=O)CC4(c5ccc6cnccc6n5)CC4)ccc3C)c(F)c12. The zero-order valence-electron chi connectivity index (χ0n) is 24.3. The van der Waals surface area contributed by atoms with Crippen molar-refractivity contribution in [1.82, 2.24) is 9.97 Å². The molecular weight excluding hydrogens is 558 g/mol. The maximum atomic E-state index is 16.5. The first-order valence-corrected chi connectivity index (χ1v) is 14.7. The number of benzene rings is 3. The second-order valence-electron chi connectivity index (χ2n) is 11.6. The van der Waals surface area contributed by atoms with Gasteiger partial charge in [0.05, 0.1) is 16.5 Å². The van der Waals surface area contributed by atoms with Crippen LogP contribution in [0.5, 0.6) is 0 Å². The summed E-state index contributed by atoms with van der Waals surface area (Å²) in [5, 5.41) is 1.03. The van der Waals surface area contributed by atoms with Crippen LogP contribution < -0.4 is 0 Å². The molecule has 218 valence electrons. The molecule has 3 heterocycles. The molecule has 0 aliphatic heterocycles. The number of ketones is 2. The van der Waals surface area contributed by atoms with Gasteiger partial charge in [0.2, 0.25) is 0 Å². The molecule has 44 heavy (non-hydrogen) atoms. The average molecular weight is 587 g/mol. The van der Waals surface area contributed by atoms with E-state index >= 15 is 4.39 Å². The predicted octanol–water partition coefficient (Wildman–Crippen LogP) is 9.19. The predicted molar refractivity (Wildman–Crippen MR) is 166 cm³/mol. The van der Waals surface area contributed by atoms with Crippen molar-refractivity contribution < 1.29 is 22.8 Å². The molecule has 0 saturated heterocycles. The number of hydrogen-bond acceptors (Lipinski definition) is 5. The molecule has 3 aromatic heterocycles. The highest BCUT2D eigenvalue weighted by Crippen LogP contribution is 2.51. The number of aromatic nitrogens is 2. The van der Waals surface area contributed by atoms with Gasteiger partial charge in [-0.2, -0.15) is 0 Å². The molecule has 1 aliphatic rings. The molecule has 1 fully saturated rings. The van der Waals surface area contributed by atoms with Crippen LogP contribution in [0, 0.1) is 18.6 Å². The minimum Gasteiger partial charge on any atom is -0.455 e. The number of rotatable bonds is 8. The summed E-state index contributed by atoms with van der Waals surface area (Å²) in [4.78, 5) is 35.8. The number of nitrogens with zero attached hydrogens (tertiary/aromatic N) is 2. The van der Waals surface area contributed by atoms with Crippen molar-refractivity contribution in [3.63, 3.8) is 0 Å². The topological polar surface area (TPSA) is 73.1 Å². The number of carbonyl (C=O) groups excluding carboxylic acids is 2. The summed E-state index contributed by atoms with van der Waals surface area (Å²) in [5.74, 6) is -1.14.